The lowest BCUT2D eigenvalue weighted by atomic mass is 9.95. The summed E-state index contributed by atoms with van der Waals surface area (Å²) in [5.74, 6) is 0. The highest BCUT2D eigenvalue weighted by molar-refractivity contribution is 7.27. The molecule has 3 unspecified atom stereocenters. The monoisotopic (exact) mass is 368 g/mol. The van der Waals surface area contributed by atoms with Crippen molar-refractivity contribution in [2.75, 3.05) is 0 Å². The van der Waals surface area contributed by atoms with Crippen LogP contribution < -0.4 is 5.30 Å². The molecule has 0 radical (unpaired) electrons. The van der Waals surface area contributed by atoms with E-state index in [0.29, 0.717) is 0 Å². The van der Waals surface area contributed by atoms with Crippen LogP contribution in [-0.4, -0.2) is 0 Å². The van der Waals surface area contributed by atoms with Gasteiger partial charge in [0.25, 0.3) is 0 Å². The first kappa shape index (κ1) is 17.8. The molecule has 0 aliphatic heterocycles. The van der Waals surface area contributed by atoms with Crippen LogP contribution in [-0.2, 0) is 12.3 Å². The maximum atomic E-state index is 2.84. The molecule has 3 aromatic carbocycles. The Balaban J connectivity index is 2.05. The fourth-order valence-corrected chi connectivity index (χ4v) is 4.20. The first-order valence-corrected chi connectivity index (χ1v) is 10.3. The summed E-state index contributed by atoms with van der Waals surface area (Å²) >= 11 is 0. The second-order valence-electron chi connectivity index (χ2n) is 6.05. The Morgan fingerprint density at radius 2 is 1.42 bits per heavy atom. The van der Waals surface area contributed by atoms with E-state index < -0.39 is 0 Å². The Morgan fingerprint density at radius 1 is 0.708 bits per heavy atom. The second kappa shape index (κ2) is 7.89. The standard InChI is InChI=1S/C21H23P3/c1-14-9-20(24)7-8-21(14)17-4-2-3-15(10-17)16-5-6-18(12-22)19(11-16)13-23/h2-11H,12-13,22-24H2,1H3. The summed E-state index contributed by atoms with van der Waals surface area (Å²) in [4.78, 5) is 0. The van der Waals surface area contributed by atoms with E-state index in [9.17, 15) is 0 Å². The average Bonchev–Trinajstić information content (AvgIpc) is 2.61. The van der Waals surface area contributed by atoms with Crippen molar-refractivity contribution in [1.29, 1.82) is 0 Å². The van der Waals surface area contributed by atoms with Crippen LogP contribution in [0.2, 0.25) is 0 Å². The molecule has 0 bridgehead atoms. The maximum absolute atomic E-state index is 2.84. The number of hydrogen-bond acceptors (Lipinski definition) is 0. The van der Waals surface area contributed by atoms with Gasteiger partial charge >= 0.3 is 0 Å². The van der Waals surface area contributed by atoms with Crippen molar-refractivity contribution >= 4 is 33.0 Å². The third-order valence-corrected chi connectivity index (χ3v) is 5.64. The molecular weight excluding hydrogens is 345 g/mol. The van der Waals surface area contributed by atoms with Crippen molar-refractivity contribution in [2.24, 2.45) is 0 Å². The molecule has 3 rings (SSSR count). The van der Waals surface area contributed by atoms with Crippen LogP contribution in [0.5, 0.6) is 0 Å². The molecule has 0 aliphatic rings. The normalized spacial score (nSPS) is 10.8. The molecule has 0 nitrogen and oxygen atoms in total. The van der Waals surface area contributed by atoms with Gasteiger partial charge in [0.05, 0.1) is 0 Å². The first-order valence-electron chi connectivity index (χ1n) is 8.11. The molecule has 3 heteroatoms. The van der Waals surface area contributed by atoms with E-state index >= 15 is 0 Å². The molecule has 0 saturated carbocycles. The lowest BCUT2D eigenvalue weighted by Gasteiger charge is -2.12. The Bertz CT molecular complexity index is 869. The zero-order valence-electron chi connectivity index (χ0n) is 13.9. The van der Waals surface area contributed by atoms with Crippen LogP contribution in [0.1, 0.15) is 16.7 Å². The van der Waals surface area contributed by atoms with E-state index in [-0.39, 0.29) is 0 Å². The highest BCUT2D eigenvalue weighted by atomic mass is 31.0. The van der Waals surface area contributed by atoms with Gasteiger partial charge in [-0.05, 0) is 69.6 Å². The van der Waals surface area contributed by atoms with Gasteiger partial charge in [0.1, 0.15) is 0 Å². The van der Waals surface area contributed by atoms with E-state index in [4.69, 9.17) is 0 Å². The molecular formula is C21H23P3. The molecule has 0 amide bonds. The third kappa shape index (κ3) is 3.78. The Hall–Kier alpha value is -1.05. The lowest BCUT2D eigenvalue weighted by molar-refractivity contribution is 1.28. The molecule has 0 aromatic heterocycles. The van der Waals surface area contributed by atoms with E-state index in [1.807, 2.05) is 0 Å². The molecule has 3 atom stereocenters. The molecule has 3 aromatic rings. The summed E-state index contributed by atoms with van der Waals surface area (Å²) in [6.45, 7) is 2.18. The highest BCUT2D eigenvalue weighted by Crippen LogP contribution is 2.30. The maximum Gasteiger partial charge on any atom is -0.0125 e. The predicted octanol–water partition coefficient (Wildman–Crippen LogP) is 5.58. The van der Waals surface area contributed by atoms with Crippen LogP contribution >= 0.6 is 27.7 Å². The largest absolute Gasteiger partial charge is 0.133 e. The summed E-state index contributed by atoms with van der Waals surface area (Å²) in [7, 11) is 8.43. The number of benzene rings is 3. The van der Waals surface area contributed by atoms with E-state index in [2.05, 4.69) is 95.3 Å². The van der Waals surface area contributed by atoms with Gasteiger partial charge in [-0.15, -0.1) is 27.7 Å². The van der Waals surface area contributed by atoms with E-state index in [1.54, 1.807) is 0 Å². The Kier molecular flexibility index (Phi) is 5.84. The minimum absolute atomic E-state index is 0.992. The fourth-order valence-electron chi connectivity index (χ4n) is 3.07. The van der Waals surface area contributed by atoms with Gasteiger partial charge in [-0.25, -0.2) is 0 Å². The fraction of sp³-hybridized carbons (Fsp3) is 0.143. The number of rotatable bonds is 4. The van der Waals surface area contributed by atoms with Crippen molar-refractivity contribution in [3.8, 4) is 22.3 Å². The number of hydrogen-bond donors (Lipinski definition) is 0. The first-order chi connectivity index (χ1) is 11.6. The topological polar surface area (TPSA) is 0 Å². The Labute approximate surface area is 152 Å². The molecule has 122 valence electrons. The number of aryl methyl sites for hydroxylation is 1. The van der Waals surface area contributed by atoms with Crippen molar-refractivity contribution in [3.05, 3.63) is 77.4 Å². The summed E-state index contributed by atoms with van der Waals surface area (Å²) in [6, 6.07) is 22.2. The van der Waals surface area contributed by atoms with Gasteiger partial charge in [0.15, 0.2) is 0 Å². The van der Waals surface area contributed by atoms with Gasteiger partial charge in [-0.3, -0.25) is 0 Å². The molecule has 0 saturated heterocycles. The summed E-state index contributed by atoms with van der Waals surface area (Å²) in [5, 5.41) is 1.23. The minimum atomic E-state index is 0.992. The van der Waals surface area contributed by atoms with Crippen LogP contribution in [0.4, 0.5) is 0 Å². The van der Waals surface area contributed by atoms with Gasteiger partial charge in [0.2, 0.25) is 0 Å². The zero-order chi connectivity index (χ0) is 17.1. The molecule has 0 spiro atoms. The quantitative estimate of drug-likeness (QED) is 0.528. The van der Waals surface area contributed by atoms with Gasteiger partial charge in [-0.2, -0.15) is 0 Å². The molecule has 0 fully saturated rings. The highest BCUT2D eigenvalue weighted by Gasteiger charge is 2.07. The third-order valence-electron chi connectivity index (χ3n) is 4.40. The molecule has 0 aliphatic carbocycles. The predicted molar refractivity (Wildman–Crippen MR) is 118 cm³/mol. The molecule has 24 heavy (non-hydrogen) atoms. The summed E-state index contributed by atoms with van der Waals surface area (Å²) in [5.41, 5.74) is 9.26. The van der Waals surface area contributed by atoms with E-state index in [1.165, 1.54) is 44.2 Å². The average molecular weight is 368 g/mol. The van der Waals surface area contributed by atoms with Crippen LogP contribution in [0, 0.1) is 6.92 Å². The van der Waals surface area contributed by atoms with Crippen molar-refractivity contribution < 1.29 is 0 Å². The van der Waals surface area contributed by atoms with Gasteiger partial charge in [0, 0.05) is 0 Å². The molecule has 0 heterocycles. The van der Waals surface area contributed by atoms with Crippen molar-refractivity contribution in [3.63, 3.8) is 0 Å². The van der Waals surface area contributed by atoms with Gasteiger partial charge in [-0.1, -0.05) is 54.6 Å². The lowest BCUT2D eigenvalue weighted by Crippen LogP contribution is -1.93. The van der Waals surface area contributed by atoms with Crippen LogP contribution in [0.3, 0.4) is 0 Å². The summed E-state index contributed by atoms with van der Waals surface area (Å²) in [6.07, 6.45) is 2.00. The molecule has 0 N–H and O–H groups in total. The van der Waals surface area contributed by atoms with Crippen molar-refractivity contribution in [1.82, 2.24) is 0 Å². The second-order valence-corrected chi connectivity index (χ2v) is 7.53. The van der Waals surface area contributed by atoms with E-state index in [0.717, 1.165) is 12.3 Å². The van der Waals surface area contributed by atoms with Crippen LogP contribution in [0.25, 0.3) is 22.3 Å². The van der Waals surface area contributed by atoms with Gasteiger partial charge < -0.3 is 0 Å². The smallest absolute Gasteiger partial charge is 0.0125 e. The SMILES string of the molecule is Cc1cc(P)ccc1-c1cccc(-c2ccc(CP)c(CP)c2)c1. The summed E-state index contributed by atoms with van der Waals surface area (Å²) < 4.78 is 0. The zero-order valence-corrected chi connectivity index (χ0v) is 17.4. The van der Waals surface area contributed by atoms with Crippen LogP contribution in [0.15, 0.2) is 60.7 Å². The minimum Gasteiger partial charge on any atom is -0.133 e. The Morgan fingerprint density at radius 3 is 2.12 bits per heavy atom. The van der Waals surface area contributed by atoms with Crippen molar-refractivity contribution in [2.45, 2.75) is 19.2 Å².